The first-order chi connectivity index (χ1) is 2.91. The second kappa shape index (κ2) is 24.7. The van der Waals surface area contributed by atoms with Gasteiger partial charge in [-0.1, -0.05) is 22.3 Å². The fourth-order valence-electron chi connectivity index (χ4n) is 0.167. The zero-order valence-electron chi connectivity index (χ0n) is 4.23. The Bertz CT molecular complexity index is 18.9. The summed E-state index contributed by atoms with van der Waals surface area (Å²) >= 11 is 0. The average molecular weight is 138 g/mol. The van der Waals surface area contributed by atoms with Gasteiger partial charge in [-0.3, -0.25) is 0 Å². The van der Waals surface area contributed by atoms with Crippen LogP contribution in [0.3, 0.4) is 0 Å². The number of methoxy groups -OCH3 is 2. The van der Waals surface area contributed by atoms with Crippen LogP contribution in [-0.2, 0) is 9.47 Å². The van der Waals surface area contributed by atoms with Gasteiger partial charge in [0.2, 0.25) is 0 Å². The van der Waals surface area contributed by atoms with Crippen LogP contribution in [0.1, 0.15) is 22.3 Å². The van der Waals surface area contributed by atoms with Gasteiger partial charge in [0.15, 0.2) is 0 Å². The van der Waals surface area contributed by atoms with Gasteiger partial charge < -0.3 is 9.47 Å². The van der Waals surface area contributed by atoms with Crippen molar-refractivity contribution in [1.29, 1.82) is 0 Å². The number of hydrogen-bond donors (Lipinski definition) is 0. The van der Waals surface area contributed by atoms with Crippen molar-refractivity contribution in [3.63, 3.8) is 0 Å². The molecule has 0 aromatic carbocycles. The molecule has 0 fully saturated rings. The summed E-state index contributed by atoms with van der Waals surface area (Å²) in [5.41, 5.74) is 0. The van der Waals surface area contributed by atoms with E-state index in [1.54, 1.807) is 14.2 Å². The van der Waals surface area contributed by atoms with E-state index >= 15 is 0 Å². The monoisotopic (exact) mass is 138 g/mol. The molecule has 0 aromatic rings. The molecule has 0 saturated carbocycles. The van der Waals surface area contributed by atoms with Crippen molar-refractivity contribution in [3.8, 4) is 0 Å². The highest BCUT2D eigenvalue weighted by atomic mass is 16.5. The van der Waals surface area contributed by atoms with Crippen molar-refractivity contribution in [2.24, 2.45) is 0 Å². The van der Waals surface area contributed by atoms with Crippen LogP contribution in [-0.4, -0.2) is 27.4 Å². The molecule has 0 aliphatic heterocycles. The summed E-state index contributed by atoms with van der Waals surface area (Å²) < 4.78 is 9.31. The van der Waals surface area contributed by atoms with E-state index in [1.807, 2.05) is 0 Å². The van der Waals surface area contributed by atoms with Crippen LogP contribution in [0, 0.1) is 0 Å². The van der Waals surface area contributed by atoms with Crippen molar-refractivity contribution < 1.29 is 9.47 Å². The fourth-order valence-corrected chi connectivity index (χ4v) is 0.167. The molecule has 0 bridgehead atoms. The Morgan fingerprint density at radius 1 is 0.778 bits per heavy atom. The molecule has 62 valence electrons. The summed E-state index contributed by atoms with van der Waals surface area (Å²) in [4.78, 5) is 0. The molecule has 0 aliphatic rings. The van der Waals surface area contributed by atoms with Gasteiger partial charge in [-0.05, 0) is 0 Å². The predicted octanol–water partition coefficient (Wildman–Crippen LogP) is 2.19. The minimum Gasteiger partial charge on any atom is -0.382 e. The van der Waals surface area contributed by atoms with Crippen LogP contribution in [0.5, 0.6) is 0 Å². The van der Waals surface area contributed by atoms with Gasteiger partial charge in [0.05, 0.1) is 13.2 Å². The third kappa shape index (κ3) is 32.6. The molecule has 0 unspecified atom stereocenters. The van der Waals surface area contributed by atoms with Gasteiger partial charge >= 0.3 is 0 Å². The lowest BCUT2D eigenvalue weighted by molar-refractivity contribution is 0.103. The maximum absolute atomic E-state index is 4.66. The molecule has 0 amide bonds. The number of hydrogen-bond acceptors (Lipinski definition) is 2. The maximum atomic E-state index is 4.66. The molecule has 0 saturated heterocycles. The Kier molecular flexibility index (Phi) is 63.4. The summed E-state index contributed by atoms with van der Waals surface area (Å²) in [5, 5.41) is 0. The molecule has 0 radical (unpaired) electrons. The maximum Gasteiger partial charge on any atom is 0.0696 e. The molecule has 0 rings (SSSR count). The highest BCUT2D eigenvalue weighted by Gasteiger charge is 1.73. The third-order valence-corrected chi connectivity index (χ3v) is 0.492. The van der Waals surface area contributed by atoms with Gasteiger partial charge in [-0.15, -0.1) is 0 Å². The highest BCUT2D eigenvalue weighted by molar-refractivity contribution is 4.17. The van der Waals surface area contributed by atoms with Crippen molar-refractivity contribution in [2.75, 3.05) is 27.4 Å². The molecule has 0 spiro atoms. The Morgan fingerprint density at radius 2 is 1.00 bits per heavy atom. The third-order valence-electron chi connectivity index (χ3n) is 0.492. The molecule has 0 atom stereocenters. The van der Waals surface area contributed by atoms with Crippen molar-refractivity contribution in [3.05, 3.63) is 0 Å². The van der Waals surface area contributed by atoms with Gasteiger partial charge in [0.1, 0.15) is 0 Å². The smallest absolute Gasteiger partial charge is 0.0696 e. The Balaban J connectivity index is -0.0000000417. The Morgan fingerprint density at radius 3 is 1.11 bits per heavy atom. The van der Waals surface area contributed by atoms with Crippen LogP contribution in [0.2, 0.25) is 0 Å². The van der Waals surface area contributed by atoms with E-state index in [0.717, 1.165) is 0 Å². The predicted molar refractivity (Wildman–Crippen MR) is 43.9 cm³/mol. The van der Waals surface area contributed by atoms with Gasteiger partial charge in [0, 0.05) is 14.2 Å². The number of rotatable bonds is 3. The minimum absolute atomic E-state index is 0. The van der Waals surface area contributed by atoms with E-state index in [-0.39, 0.29) is 22.3 Å². The van der Waals surface area contributed by atoms with E-state index in [4.69, 9.17) is 0 Å². The first kappa shape index (κ1) is 23.1. The van der Waals surface area contributed by atoms with Crippen molar-refractivity contribution in [1.82, 2.24) is 0 Å². The molecular formula is C7H22O2. The van der Waals surface area contributed by atoms with E-state index in [2.05, 4.69) is 9.47 Å². The quantitative estimate of drug-likeness (QED) is 0.556. The Labute approximate surface area is 60.2 Å². The molecule has 0 heterocycles. The van der Waals surface area contributed by atoms with Crippen molar-refractivity contribution >= 4 is 0 Å². The van der Waals surface area contributed by atoms with E-state index in [0.29, 0.717) is 13.2 Å². The second-order valence-electron chi connectivity index (χ2n) is 0.986. The van der Waals surface area contributed by atoms with Gasteiger partial charge in [-0.25, -0.2) is 0 Å². The van der Waals surface area contributed by atoms with Crippen molar-refractivity contribution in [2.45, 2.75) is 22.3 Å². The lowest BCUT2D eigenvalue weighted by atomic mass is 10.8. The van der Waals surface area contributed by atoms with E-state index < -0.39 is 0 Å². The second-order valence-corrected chi connectivity index (χ2v) is 0.986. The lowest BCUT2D eigenvalue weighted by Gasteiger charge is -1.91. The van der Waals surface area contributed by atoms with Gasteiger partial charge in [-0.2, -0.15) is 0 Å². The van der Waals surface area contributed by atoms with Gasteiger partial charge in [0.25, 0.3) is 0 Å². The van der Waals surface area contributed by atoms with Crippen LogP contribution < -0.4 is 0 Å². The van der Waals surface area contributed by atoms with E-state index in [9.17, 15) is 0 Å². The number of ether oxygens (including phenoxy) is 2. The summed E-state index contributed by atoms with van der Waals surface area (Å²) in [5.74, 6) is 0. The molecule has 9 heavy (non-hydrogen) atoms. The SMILES string of the molecule is C.C.C.COCCOC. The fraction of sp³-hybridized carbons (Fsp3) is 1.00. The largest absolute Gasteiger partial charge is 0.382 e. The Hall–Kier alpha value is -0.0800. The first-order valence-corrected chi connectivity index (χ1v) is 1.89. The normalized spacial score (nSPS) is 6.00. The molecule has 0 aromatic heterocycles. The molecule has 2 nitrogen and oxygen atoms in total. The highest BCUT2D eigenvalue weighted by Crippen LogP contribution is 1.65. The average Bonchev–Trinajstić information content (AvgIpc) is 1.61. The zero-order valence-corrected chi connectivity index (χ0v) is 4.23. The first-order valence-electron chi connectivity index (χ1n) is 1.89. The molecular weight excluding hydrogens is 116 g/mol. The topological polar surface area (TPSA) is 18.5 Å². The summed E-state index contributed by atoms with van der Waals surface area (Å²) in [6.45, 7) is 1.38. The van der Waals surface area contributed by atoms with E-state index in [1.165, 1.54) is 0 Å². The zero-order chi connectivity index (χ0) is 4.83. The minimum atomic E-state index is 0. The van der Waals surface area contributed by atoms with Crippen LogP contribution in [0.15, 0.2) is 0 Å². The summed E-state index contributed by atoms with van der Waals surface area (Å²) in [6, 6.07) is 0. The standard InChI is InChI=1S/C4H10O2.3CH4/c1-5-3-4-6-2;;;/h3-4H2,1-2H3;3*1H4. The molecule has 0 N–H and O–H groups in total. The van der Waals surface area contributed by atoms with Crippen LogP contribution in [0.4, 0.5) is 0 Å². The summed E-state index contributed by atoms with van der Waals surface area (Å²) in [6.07, 6.45) is 0. The van der Waals surface area contributed by atoms with Crippen LogP contribution in [0.25, 0.3) is 0 Å². The summed E-state index contributed by atoms with van der Waals surface area (Å²) in [7, 11) is 3.30. The molecule has 0 aliphatic carbocycles. The lowest BCUT2D eigenvalue weighted by Crippen LogP contribution is -1.96. The van der Waals surface area contributed by atoms with Crippen LogP contribution >= 0.6 is 0 Å². The molecule has 2 heteroatoms.